The van der Waals surface area contributed by atoms with E-state index in [1.54, 1.807) is 0 Å². The highest BCUT2D eigenvalue weighted by Gasteiger charge is 2.59. The second-order valence-corrected chi connectivity index (χ2v) is 26.6. The van der Waals surface area contributed by atoms with Gasteiger partial charge in [0.15, 0.2) is 16.6 Å². The van der Waals surface area contributed by atoms with Gasteiger partial charge in [0.1, 0.15) is 5.78 Å². The zero-order valence-electron chi connectivity index (χ0n) is 27.8. The molecule has 0 radical (unpaired) electrons. The van der Waals surface area contributed by atoms with Crippen molar-refractivity contribution in [2.24, 2.45) is 34.5 Å². The Labute approximate surface area is 247 Å². The van der Waals surface area contributed by atoms with Gasteiger partial charge in [0.2, 0.25) is 0 Å². The van der Waals surface area contributed by atoms with E-state index in [0.29, 0.717) is 30.6 Å². The monoisotopic (exact) mass is 595 g/mol. The van der Waals surface area contributed by atoms with Gasteiger partial charge < -0.3 is 19.3 Å². The smallest absolute Gasteiger partial charge is 0.404 e. The van der Waals surface area contributed by atoms with Crippen molar-refractivity contribution in [1.29, 1.82) is 0 Å². The highest BCUT2D eigenvalue weighted by molar-refractivity contribution is 6.74. The van der Waals surface area contributed by atoms with Crippen molar-refractivity contribution in [2.45, 2.75) is 143 Å². The highest BCUT2D eigenvalue weighted by Crippen LogP contribution is 2.61. The number of rotatable bonds is 8. The lowest BCUT2D eigenvalue weighted by molar-refractivity contribution is -0.135. The summed E-state index contributed by atoms with van der Waals surface area (Å²) >= 11 is 0. The lowest BCUT2D eigenvalue weighted by Crippen LogP contribution is -2.56. The fourth-order valence-corrected chi connectivity index (χ4v) is 10.2. The quantitative estimate of drug-likeness (QED) is 0.275. The van der Waals surface area contributed by atoms with Crippen molar-refractivity contribution in [1.82, 2.24) is 5.32 Å². The zero-order chi connectivity index (χ0) is 30.5. The van der Waals surface area contributed by atoms with Gasteiger partial charge in [-0.15, -0.1) is 0 Å². The molecule has 0 aromatic carbocycles. The summed E-state index contributed by atoms with van der Waals surface area (Å²) in [5.74, 6) is 1.48. The van der Waals surface area contributed by atoms with Gasteiger partial charge in [-0.1, -0.05) is 55.4 Å². The number of ketones is 1. The second-order valence-electron chi connectivity index (χ2n) is 17.0. The summed E-state index contributed by atoms with van der Waals surface area (Å²) in [5, 5.41) is 12.6. The maximum absolute atomic E-state index is 13.0. The van der Waals surface area contributed by atoms with Crippen molar-refractivity contribution in [3.05, 3.63) is 0 Å². The molecule has 0 aliphatic heterocycles. The molecule has 0 bridgehead atoms. The normalized spacial score (nSPS) is 35.9. The summed E-state index contributed by atoms with van der Waals surface area (Å²) in [6.07, 6.45) is 5.77. The second kappa shape index (κ2) is 11.4. The van der Waals surface area contributed by atoms with Crippen LogP contribution in [0, 0.1) is 34.5 Å². The molecule has 40 heavy (non-hydrogen) atoms. The summed E-state index contributed by atoms with van der Waals surface area (Å²) < 4.78 is 14.0. The van der Waals surface area contributed by atoms with Crippen molar-refractivity contribution >= 4 is 28.5 Å². The molecule has 3 fully saturated rings. The number of hydrogen-bond donors (Lipinski definition) is 2. The molecule has 0 spiro atoms. The number of amides is 1. The van der Waals surface area contributed by atoms with Gasteiger partial charge in [-0.2, -0.15) is 0 Å². The van der Waals surface area contributed by atoms with Crippen LogP contribution >= 0.6 is 0 Å². The number of carbonyl (C=O) groups excluding carboxylic acids is 1. The van der Waals surface area contributed by atoms with E-state index in [2.05, 4.69) is 86.9 Å². The van der Waals surface area contributed by atoms with Gasteiger partial charge >= 0.3 is 6.09 Å². The minimum atomic E-state index is -1.96. The number of Topliss-reactive ketones (excluding diaryl/α,β-unsaturated/α-hetero) is 1. The molecule has 7 atom stereocenters. The third-order valence-corrected chi connectivity index (χ3v) is 21.7. The predicted octanol–water partition coefficient (Wildman–Crippen LogP) is 8.48. The van der Waals surface area contributed by atoms with E-state index in [9.17, 15) is 14.7 Å². The topological polar surface area (TPSA) is 84.9 Å². The summed E-state index contributed by atoms with van der Waals surface area (Å²) in [5.41, 5.74) is -0.305. The Morgan fingerprint density at radius 1 is 0.950 bits per heavy atom. The Morgan fingerprint density at radius 3 is 2.10 bits per heavy atom. The predicted molar refractivity (Wildman–Crippen MR) is 169 cm³/mol. The van der Waals surface area contributed by atoms with E-state index >= 15 is 0 Å². The molecule has 3 saturated carbocycles. The van der Waals surface area contributed by atoms with Crippen LogP contribution in [0.5, 0.6) is 0 Å². The van der Waals surface area contributed by atoms with Crippen LogP contribution in [0.4, 0.5) is 4.79 Å². The van der Waals surface area contributed by atoms with Crippen LogP contribution < -0.4 is 5.32 Å². The number of carbonyl (C=O) groups is 2. The first-order valence-corrected chi connectivity index (χ1v) is 21.7. The van der Waals surface area contributed by atoms with Crippen LogP contribution in [0.3, 0.4) is 0 Å². The third kappa shape index (κ3) is 6.60. The van der Waals surface area contributed by atoms with Gasteiger partial charge in [-0.3, -0.25) is 4.79 Å². The Kier molecular flexibility index (Phi) is 9.65. The molecule has 1 amide bonds. The molecule has 3 rings (SSSR count). The van der Waals surface area contributed by atoms with E-state index in [1.807, 2.05) is 0 Å². The highest BCUT2D eigenvalue weighted by atomic mass is 28.4. The van der Waals surface area contributed by atoms with E-state index in [1.165, 1.54) is 0 Å². The fourth-order valence-electron chi connectivity index (χ4n) is 7.72. The molecule has 0 unspecified atom stereocenters. The van der Waals surface area contributed by atoms with Crippen molar-refractivity contribution in [3.63, 3.8) is 0 Å². The van der Waals surface area contributed by atoms with Crippen LogP contribution in [0.2, 0.25) is 36.3 Å². The Morgan fingerprint density at radius 2 is 1.55 bits per heavy atom. The first-order chi connectivity index (χ1) is 18.1. The fraction of sp³-hybridized carbons (Fsp3) is 0.938. The van der Waals surface area contributed by atoms with Crippen molar-refractivity contribution in [2.75, 3.05) is 13.2 Å². The minimum Gasteiger partial charge on any atom is -0.465 e. The van der Waals surface area contributed by atoms with Crippen LogP contribution in [0.25, 0.3) is 0 Å². The van der Waals surface area contributed by atoms with Gasteiger partial charge in [-0.25, -0.2) is 4.79 Å². The molecule has 2 N–H and O–H groups in total. The number of carboxylic acid groups (broad SMARTS) is 1. The SMILES string of the molecule is CC(C)(C)[Si](C)(C)OC[C@H]1C[C@@H](O[Si](C)(C)C(C)(C)C)CC[C@]1(C)[C@H]1CC[C@]2(C)C(=O)CC[C@H]2[C@@H]1CNC(=O)O. The zero-order valence-corrected chi connectivity index (χ0v) is 29.8. The number of fused-ring (bicyclic) bond motifs is 1. The molecule has 0 heterocycles. The Balaban J connectivity index is 1.95. The first-order valence-electron chi connectivity index (χ1n) is 15.9. The van der Waals surface area contributed by atoms with Crippen LogP contribution in [-0.4, -0.2) is 52.9 Å². The van der Waals surface area contributed by atoms with E-state index < -0.39 is 22.7 Å². The molecule has 3 aliphatic carbocycles. The van der Waals surface area contributed by atoms with Gasteiger partial charge in [0.05, 0.1) is 0 Å². The minimum absolute atomic E-state index is 0.00741. The van der Waals surface area contributed by atoms with Crippen LogP contribution in [0.15, 0.2) is 0 Å². The van der Waals surface area contributed by atoms with Crippen molar-refractivity contribution < 1.29 is 23.5 Å². The molecule has 6 nitrogen and oxygen atoms in total. The molecule has 0 saturated heterocycles. The molecule has 0 aromatic rings. The van der Waals surface area contributed by atoms with Gasteiger partial charge in [-0.05, 0) is 104 Å². The molecular weight excluding hydrogens is 535 g/mol. The molecule has 8 heteroatoms. The maximum Gasteiger partial charge on any atom is 0.404 e. The molecule has 3 aliphatic rings. The van der Waals surface area contributed by atoms with E-state index in [0.717, 1.165) is 45.1 Å². The van der Waals surface area contributed by atoms with Crippen LogP contribution in [-0.2, 0) is 13.6 Å². The summed E-state index contributed by atoms with van der Waals surface area (Å²) in [7, 11) is -3.87. The Bertz CT molecular complexity index is 939. The average Bonchev–Trinajstić information content (AvgIpc) is 3.10. The van der Waals surface area contributed by atoms with E-state index in [-0.39, 0.29) is 38.8 Å². The third-order valence-electron chi connectivity index (χ3n) is 12.7. The number of nitrogens with one attached hydrogen (secondary N) is 1. The maximum atomic E-state index is 13.0. The molecule has 232 valence electrons. The Hall–Kier alpha value is -0.706. The molecule has 0 aromatic heterocycles. The van der Waals surface area contributed by atoms with Gasteiger partial charge in [0.25, 0.3) is 0 Å². The molecular formula is C32H61NO5Si2. The number of hydrogen-bond acceptors (Lipinski definition) is 4. The average molecular weight is 596 g/mol. The summed E-state index contributed by atoms with van der Waals surface area (Å²) in [6, 6.07) is 0. The first kappa shape index (κ1) is 33.8. The lowest BCUT2D eigenvalue weighted by Gasteiger charge is -2.57. The summed E-state index contributed by atoms with van der Waals surface area (Å²) in [4.78, 5) is 24.7. The van der Waals surface area contributed by atoms with Gasteiger partial charge in [0, 0.05) is 31.1 Å². The summed E-state index contributed by atoms with van der Waals surface area (Å²) in [6.45, 7) is 29.0. The van der Waals surface area contributed by atoms with Crippen LogP contribution in [0.1, 0.15) is 100 Å². The lowest BCUT2D eigenvalue weighted by atomic mass is 9.49. The van der Waals surface area contributed by atoms with E-state index in [4.69, 9.17) is 8.85 Å². The largest absolute Gasteiger partial charge is 0.465 e. The van der Waals surface area contributed by atoms with Crippen molar-refractivity contribution in [3.8, 4) is 0 Å². The standard InChI is InChI=1S/C32H61NO5Si2/c1-29(2,3)39(9,10)37-21-22-19-23(38-40(11,12)30(4,5)6)15-17-31(22,7)26-16-18-32(8)25(13-14-27(32)34)24(26)20-33-28(35)36/h22-26,33H,13-21H2,1-12H3,(H,35,36)/t22-,23+,24+,25+,26+,31+,32+/m1/s1.